The van der Waals surface area contributed by atoms with Crippen LogP contribution in [0, 0.1) is 45.8 Å². The highest BCUT2D eigenvalue weighted by atomic mass is 16.8. The van der Waals surface area contributed by atoms with Crippen molar-refractivity contribution in [3.8, 4) is 0 Å². The van der Waals surface area contributed by atoms with E-state index < -0.39 is 167 Å². The molecule has 4 aliphatic heterocycles. The van der Waals surface area contributed by atoms with Crippen LogP contribution in [-0.2, 0) is 37.9 Å². The molecule has 3 unspecified atom stereocenters. The predicted molar refractivity (Wildman–Crippen MR) is 266 cm³/mol. The number of fused-ring (bicyclic) bond motifs is 5. The van der Waals surface area contributed by atoms with Crippen LogP contribution in [0.1, 0.15) is 113 Å². The Bertz CT molecular complexity index is 1960. The normalized spacial score (nSPS) is 51.2. The summed E-state index contributed by atoms with van der Waals surface area (Å²) in [4.78, 5) is 0. The number of aliphatic hydroxyl groups is 15. The van der Waals surface area contributed by atoms with Crippen LogP contribution >= 0.6 is 0 Å². The van der Waals surface area contributed by atoms with Gasteiger partial charge in [0.1, 0.15) is 97.7 Å². The van der Waals surface area contributed by atoms with E-state index in [9.17, 15) is 76.6 Å². The molecule has 15 N–H and O–H groups in total. The molecule has 3 saturated carbocycles. The fourth-order valence-electron chi connectivity index (χ4n) is 15.9. The zero-order valence-corrected chi connectivity index (χ0v) is 45.5. The third kappa shape index (κ3) is 11.2. The Kier molecular flexibility index (Phi) is 19.4. The second-order valence-electron chi connectivity index (χ2n) is 25.0. The van der Waals surface area contributed by atoms with E-state index in [1.807, 2.05) is 0 Å². The minimum absolute atomic E-state index is 0.0224. The Morgan fingerprint density at radius 2 is 1.14 bits per heavy atom. The van der Waals surface area contributed by atoms with Gasteiger partial charge in [-0.2, -0.15) is 0 Å². The molecule has 30 atom stereocenters. The molecule has 4 saturated heterocycles. The van der Waals surface area contributed by atoms with Crippen LogP contribution in [0.25, 0.3) is 0 Å². The van der Waals surface area contributed by atoms with Crippen molar-refractivity contribution in [2.45, 2.75) is 253 Å². The fraction of sp³-hybridized carbons (Fsp3) is 0.963. The number of allylic oxidation sites excluding steroid dienone is 1. The summed E-state index contributed by atoms with van der Waals surface area (Å²) in [5.74, 6) is 1.09. The first-order valence-corrected chi connectivity index (χ1v) is 28.2. The molecule has 23 heteroatoms. The summed E-state index contributed by atoms with van der Waals surface area (Å²) < 4.78 is 47.5. The van der Waals surface area contributed by atoms with Crippen LogP contribution in [0.3, 0.4) is 0 Å². The molecule has 8 aliphatic rings. The first-order chi connectivity index (χ1) is 36.2. The molecule has 4 heterocycles. The van der Waals surface area contributed by atoms with Gasteiger partial charge in [-0.25, -0.2) is 0 Å². The van der Waals surface area contributed by atoms with Gasteiger partial charge in [-0.1, -0.05) is 46.3 Å². The van der Waals surface area contributed by atoms with E-state index in [2.05, 4.69) is 40.7 Å². The van der Waals surface area contributed by atoms with E-state index in [1.165, 1.54) is 5.57 Å². The molecule has 0 aromatic carbocycles. The average molecular weight is 1110 g/mol. The molecule has 0 amide bonds. The maximum atomic E-state index is 11.6. The van der Waals surface area contributed by atoms with Gasteiger partial charge in [0.2, 0.25) is 0 Å². The third-order valence-corrected chi connectivity index (χ3v) is 20.6. The molecular formula is C54H92O23. The summed E-state index contributed by atoms with van der Waals surface area (Å²) in [5, 5.41) is 159. The molecule has 4 aliphatic carbocycles. The Morgan fingerprint density at radius 3 is 1.71 bits per heavy atom. The standard InChI is InChI=1S/C54H92O23/c1-8-54-16-15-26(23(2)9-14-34(51(4,5)69)76-50-46(42(65)37(60)31(21-57)74-50)77-49-45(68)40(63)36(59)30(20-56)73-49)53(54,7)18-17-52(6)27-11-12-28(24(3)25(27)10-13-33(52)54)71-48-44(67)41(64)38(61)32(75-48)22-70-47-43(66)39(62)35(58)29(19-55)72-47/h10,23-24,26-50,55-69H,8-9,11-22H2,1-7H3/t23-,24-,26?,27?,28+,29-,30+,31-,32-,33?,34-,35-,36+,37-,38-,39+,40-,41+,42+,43-,44-,45+,46-,47-,48-,49-,50+,52+,53-,54+/m1/s1. The lowest BCUT2D eigenvalue weighted by Gasteiger charge is -2.66. The van der Waals surface area contributed by atoms with E-state index in [1.54, 1.807) is 13.8 Å². The van der Waals surface area contributed by atoms with Gasteiger partial charge in [-0.15, -0.1) is 0 Å². The maximum Gasteiger partial charge on any atom is 0.187 e. The summed E-state index contributed by atoms with van der Waals surface area (Å²) in [6.45, 7) is 12.3. The van der Waals surface area contributed by atoms with E-state index in [0.717, 1.165) is 44.9 Å². The SMILES string of the molecule is CC[C@@]12CCC([C@H](C)CC[C@@H](O[C@@H]3O[C@H](CO)[C@@H](O)[C@H](O)[C@H]3O[C@H]3O[C@@H](CO)[C@H](O)[C@@H](O)[C@@H]3O)C(C)(C)O)[C@@]1(C)CC[C@@]1(C)C3CC[C@H](O[C@@H]4O[C@H](CO[C@@H]5O[C@H](CO)[C@@H](O)[C@H](O)[C@H]5O)[C@@H](O)[C@H](O)[C@H]4O)[C@H](C)C3=CCC12. The van der Waals surface area contributed by atoms with Crippen LogP contribution in [0.15, 0.2) is 11.6 Å². The minimum Gasteiger partial charge on any atom is -0.394 e. The van der Waals surface area contributed by atoms with Crippen LogP contribution in [0.4, 0.5) is 0 Å². The van der Waals surface area contributed by atoms with Crippen molar-refractivity contribution in [3.63, 3.8) is 0 Å². The maximum absolute atomic E-state index is 11.6. The second kappa shape index (κ2) is 24.2. The molecule has 8 rings (SSSR count). The quantitative estimate of drug-likeness (QED) is 0.0648. The number of hydrogen-bond acceptors (Lipinski definition) is 23. The van der Waals surface area contributed by atoms with Crippen LogP contribution < -0.4 is 0 Å². The summed E-state index contributed by atoms with van der Waals surface area (Å²) in [7, 11) is 0. The topological polar surface area (TPSA) is 377 Å². The van der Waals surface area contributed by atoms with Gasteiger partial charge < -0.3 is 114 Å². The highest BCUT2D eigenvalue weighted by Crippen LogP contribution is 2.75. The van der Waals surface area contributed by atoms with Crippen molar-refractivity contribution in [1.29, 1.82) is 0 Å². The Hall–Kier alpha value is -1.18. The molecule has 0 aromatic rings. The van der Waals surface area contributed by atoms with E-state index in [0.29, 0.717) is 31.1 Å². The predicted octanol–water partition coefficient (Wildman–Crippen LogP) is -2.20. The third-order valence-electron chi connectivity index (χ3n) is 20.6. The highest BCUT2D eigenvalue weighted by Gasteiger charge is 2.68. The van der Waals surface area contributed by atoms with Crippen molar-refractivity contribution in [2.75, 3.05) is 26.4 Å². The van der Waals surface area contributed by atoms with Crippen molar-refractivity contribution in [2.24, 2.45) is 45.8 Å². The molecule has 446 valence electrons. The smallest absolute Gasteiger partial charge is 0.187 e. The molecule has 7 fully saturated rings. The molecular weight excluding hydrogens is 1020 g/mol. The lowest BCUT2D eigenvalue weighted by molar-refractivity contribution is -0.375. The lowest BCUT2D eigenvalue weighted by atomic mass is 9.39. The van der Waals surface area contributed by atoms with Gasteiger partial charge in [0.15, 0.2) is 25.2 Å². The van der Waals surface area contributed by atoms with Gasteiger partial charge in [-0.05, 0) is 118 Å². The number of rotatable bonds is 18. The number of hydrogen-bond donors (Lipinski definition) is 15. The molecule has 0 aromatic heterocycles. The van der Waals surface area contributed by atoms with Crippen molar-refractivity contribution in [3.05, 3.63) is 11.6 Å². The van der Waals surface area contributed by atoms with Gasteiger partial charge >= 0.3 is 0 Å². The summed E-state index contributed by atoms with van der Waals surface area (Å²) in [5.41, 5.74) is -0.192. The Morgan fingerprint density at radius 1 is 0.623 bits per heavy atom. The first-order valence-electron chi connectivity index (χ1n) is 28.2. The summed E-state index contributed by atoms with van der Waals surface area (Å²) >= 11 is 0. The molecule has 0 spiro atoms. The van der Waals surface area contributed by atoms with Gasteiger partial charge in [0.05, 0.1) is 44.2 Å². The van der Waals surface area contributed by atoms with Crippen molar-refractivity contribution >= 4 is 0 Å². The average Bonchev–Trinajstić information content (AvgIpc) is 3.96. The Balaban J connectivity index is 0.924. The van der Waals surface area contributed by atoms with E-state index in [-0.39, 0.29) is 34.0 Å². The number of aliphatic hydroxyl groups excluding tert-OH is 14. The van der Waals surface area contributed by atoms with E-state index >= 15 is 0 Å². The first kappa shape index (κ1) is 61.9. The van der Waals surface area contributed by atoms with Crippen molar-refractivity contribution in [1.82, 2.24) is 0 Å². The Labute approximate surface area is 450 Å². The minimum atomic E-state index is -1.83. The highest BCUT2D eigenvalue weighted by molar-refractivity contribution is 5.28. The lowest BCUT2D eigenvalue weighted by Crippen LogP contribution is -2.65. The molecule has 0 radical (unpaired) electrons. The zero-order valence-electron chi connectivity index (χ0n) is 45.5. The van der Waals surface area contributed by atoms with Gasteiger partial charge in [0, 0.05) is 5.92 Å². The van der Waals surface area contributed by atoms with Gasteiger partial charge in [-0.3, -0.25) is 0 Å². The largest absolute Gasteiger partial charge is 0.394 e. The monoisotopic (exact) mass is 1110 g/mol. The second-order valence-corrected chi connectivity index (χ2v) is 25.0. The fourth-order valence-corrected chi connectivity index (χ4v) is 15.9. The number of ether oxygens (including phenoxy) is 8. The van der Waals surface area contributed by atoms with Crippen LogP contribution in [0.2, 0.25) is 0 Å². The van der Waals surface area contributed by atoms with Gasteiger partial charge in [0.25, 0.3) is 0 Å². The van der Waals surface area contributed by atoms with Crippen molar-refractivity contribution < 1.29 is 114 Å². The zero-order chi connectivity index (χ0) is 56.4. The summed E-state index contributed by atoms with van der Waals surface area (Å²) in [6, 6.07) is 0. The van der Waals surface area contributed by atoms with E-state index in [4.69, 9.17) is 37.9 Å². The van der Waals surface area contributed by atoms with Crippen LogP contribution in [0.5, 0.6) is 0 Å². The summed E-state index contributed by atoms with van der Waals surface area (Å²) in [6.07, 6.45) is -21.8. The van der Waals surface area contributed by atoms with Crippen LogP contribution in [-0.4, -0.2) is 244 Å². The molecule has 0 bridgehead atoms. The molecule has 77 heavy (non-hydrogen) atoms. The molecule has 23 nitrogen and oxygen atoms in total.